The molecule has 0 aliphatic heterocycles. The largest absolute Gasteiger partial charge is 0.412 e. The molecule has 0 aromatic rings. The summed E-state index contributed by atoms with van der Waals surface area (Å²) in [6, 6.07) is 0. The van der Waals surface area contributed by atoms with E-state index in [1.54, 1.807) is 0 Å². The van der Waals surface area contributed by atoms with Gasteiger partial charge in [-0.1, -0.05) is 0 Å². The lowest BCUT2D eigenvalue weighted by molar-refractivity contribution is 0.589. The van der Waals surface area contributed by atoms with Gasteiger partial charge in [-0.2, -0.15) is 0 Å². The van der Waals surface area contributed by atoms with E-state index < -0.39 is 0 Å². The predicted octanol–water partition coefficient (Wildman–Crippen LogP) is -7.83. The Morgan fingerprint density at radius 3 is 0.600 bits per heavy atom. The van der Waals surface area contributed by atoms with Crippen molar-refractivity contribution >= 4 is 78.0 Å². The molecule has 0 aromatic carbocycles. The first-order chi connectivity index (χ1) is 2.00. The number of hydrogen-bond donors (Lipinski definition) is 0. The van der Waals surface area contributed by atoms with Crippen molar-refractivity contribution in [2.24, 2.45) is 0 Å². The van der Waals surface area contributed by atoms with E-state index in [0.717, 1.165) is 0 Å². The second kappa shape index (κ2) is 335. The smallest absolute Gasteiger partial charge is 0.316 e. The Labute approximate surface area is 103 Å². The van der Waals surface area contributed by atoms with Gasteiger partial charge in [0.2, 0.25) is 20.3 Å². The van der Waals surface area contributed by atoms with Gasteiger partial charge >= 0.3 is 23.1 Å². The molecule has 0 aliphatic carbocycles. The molecule has 0 aliphatic rings. The van der Waals surface area contributed by atoms with Gasteiger partial charge in [0.1, 0.15) is 0 Å². The van der Waals surface area contributed by atoms with E-state index in [2.05, 4.69) is 0 Å². The maximum Gasteiger partial charge on any atom is 0.316 e. The number of hydrogen-bond acceptors (Lipinski definition) is 2. The summed E-state index contributed by atoms with van der Waals surface area (Å²) < 4.78 is 16.6. The van der Waals surface area contributed by atoms with Crippen molar-refractivity contribution in [3.63, 3.8) is 0 Å². The minimum atomic E-state index is 0. The zero-order chi connectivity index (χ0) is 4.00. The molecule has 0 radical (unpaired) electrons. The van der Waals surface area contributed by atoms with Gasteiger partial charge in [-0.15, -0.1) is 0 Å². The van der Waals surface area contributed by atoms with Crippen LogP contribution in [0.15, 0.2) is 0 Å². The van der Waals surface area contributed by atoms with Crippen LogP contribution in [0.2, 0.25) is 0 Å². The summed E-state index contributed by atoms with van der Waals surface area (Å²) in [5.74, 6) is 0. The summed E-state index contributed by atoms with van der Waals surface area (Å²) in [6.07, 6.45) is 0. The molecule has 0 saturated heterocycles. The third-order valence-electron chi connectivity index (χ3n) is 0. The van der Waals surface area contributed by atoms with Crippen molar-refractivity contribution in [2.75, 3.05) is 0 Å². The second-order valence-electron chi connectivity index (χ2n) is 0. The van der Waals surface area contributed by atoms with Gasteiger partial charge in [-0.3, -0.25) is 0 Å². The fraction of sp³-hybridized carbons (Fsp3) is 0. The molecular weight excluding hydrogens is 214 g/mol. The summed E-state index contributed by atoms with van der Waals surface area (Å²) in [7, 11) is 1.22. The van der Waals surface area contributed by atoms with Gasteiger partial charge in [0.25, 0.3) is 0 Å². The molecule has 0 heterocycles. The molecule has 0 atom stereocenters. The van der Waals surface area contributed by atoms with Crippen molar-refractivity contribution in [3.05, 3.63) is 0 Å². The molecule has 6 N–H and O–H groups in total. The third-order valence-corrected chi connectivity index (χ3v) is 0. The van der Waals surface area contributed by atoms with Gasteiger partial charge in [-0.25, -0.2) is 0 Å². The first-order valence-electron chi connectivity index (χ1n) is 0.577. The van der Waals surface area contributed by atoms with Crippen LogP contribution in [0.1, 0.15) is 0 Å². The van der Waals surface area contributed by atoms with Crippen molar-refractivity contribution in [1.29, 1.82) is 0 Å². The Hall–Kier alpha value is 1.74. The van der Waals surface area contributed by atoms with E-state index >= 15 is 0 Å². The molecule has 0 aromatic heterocycles. The van der Waals surface area contributed by atoms with Gasteiger partial charge < -0.3 is 25.4 Å². The summed E-state index contributed by atoms with van der Waals surface area (Å²) in [6.45, 7) is 0. The van der Waals surface area contributed by atoms with E-state index in [4.69, 9.17) is 8.92 Å². The fourth-order valence-corrected chi connectivity index (χ4v) is 0. The maximum atomic E-state index is 8.28. The second-order valence-corrected chi connectivity index (χ2v) is 0. The van der Waals surface area contributed by atoms with E-state index in [-0.39, 0.29) is 74.2 Å². The van der Waals surface area contributed by atoms with E-state index in [0.29, 0.717) is 20.3 Å². The predicted molar refractivity (Wildman–Crippen MR) is 57.7 cm³/mol. The molecule has 0 unspecified atom stereocenters. The fourth-order valence-electron chi connectivity index (χ4n) is 0. The zero-order valence-electron chi connectivity index (χ0n) is 3.73. The quantitative estimate of drug-likeness (QED) is 0.384. The zero-order valence-corrected chi connectivity index (χ0v) is 6.56. The van der Waals surface area contributed by atoms with Gasteiger partial charge in [-0.05, 0) is 0 Å². The van der Waals surface area contributed by atoms with E-state index in [1.165, 1.54) is 0 Å². The van der Waals surface area contributed by atoms with Crippen LogP contribution in [0.5, 0.6) is 0 Å². The first kappa shape index (κ1) is 96.7. The van der Waals surface area contributed by atoms with Crippen LogP contribution in [0.25, 0.3) is 0 Å². The number of rotatable bonds is 0. The summed E-state index contributed by atoms with van der Waals surface area (Å²) in [5.41, 5.74) is 0. The Kier molecular flexibility index (Phi) is 3240. The van der Waals surface area contributed by atoms with Crippen LogP contribution in [0.3, 0.4) is 0 Å². The molecule has 0 spiro atoms. The molecule has 0 bridgehead atoms. The molecule has 0 saturated carbocycles. The molecule has 0 amide bonds. The maximum absolute atomic E-state index is 8.28. The van der Waals surface area contributed by atoms with Crippen LogP contribution < -0.4 is 0 Å². The lowest BCUT2D eigenvalue weighted by Crippen LogP contribution is -0.969. The average molecular weight is 233 g/mol. The Balaban J connectivity index is -0.000000000833. The Bertz CT molecular complexity index is 19.6. The highest BCUT2D eigenvalue weighted by molar-refractivity contribution is 5.85. The van der Waals surface area contributed by atoms with E-state index in [9.17, 15) is 0 Å². The molecule has 5 nitrogen and oxygen atoms in total. The standard InChI is InChI=1S/2Al.Mg.2H2OSi.3H2O.8H/c;;;2*1-2;;;;;;;;;;;/h;;;2*2H2;3*1H2;;;;;;;;. The molecule has 10 heavy (non-hydrogen) atoms. The molecule has 0 rings (SSSR count). The summed E-state index contributed by atoms with van der Waals surface area (Å²) in [4.78, 5) is 0. The van der Waals surface area contributed by atoms with Crippen LogP contribution in [-0.4, -0.2) is 94.5 Å². The van der Waals surface area contributed by atoms with Crippen LogP contribution in [-0.2, 0) is 8.92 Å². The topological polar surface area (TPSA) is 129 Å². The molecular formula is H18Al2MgO5Si2. The van der Waals surface area contributed by atoms with Crippen LogP contribution in [0, 0.1) is 0 Å². The Morgan fingerprint density at radius 2 is 0.600 bits per heavy atom. The summed E-state index contributed by atoms with van der Waals surface area (Å²) >= 11 is 0. The first-order valence-corrected chi connectivity index (χ1v) is 1.73. The molecule has 0 fully saturated rings. The van der Waals surface area contributed by atoms with Gasteiger partial charge in [0, 0.05) is 0 Å². The average Bonchev–Trinajstić information content (AvgIpc) is 1.50. The SMILES string of the molecule is O.O.O.O=[SiH2].O=[SiH2].[AlH3].[AlH3].[MgH2]. The highest BCUT2D eigenvalue weighted by Gasteiger charge is 0.703. The van der Waals surface area contributed by atoms with Crippen molar-refractivity contribution in [1.82, 2.24) is 0 Å². The van der Waals surface area contributed by atoms with Gasteiger partial charge in [0.15, 0.2) is 34.7 Å². The summed E-state index contributed by atoms with van der Waals surface area (Å²) in [5, 5.41) is 0. The highest BCUT2D eigenvalue weighted by atomic mass is 28.1. The van der Waals surface area contributed by atoms with Crippen molar-refractivity contribution in [2.45, 2.75) is 0 Å². The van der Waals surface area contributed by atoms with Crippen LogP contribution >= 0.6 is 0 Å². The van der Waals surface area contributed by atoms with Crippen LogP contribution in [0.4, 0.5) is 0 Å². The Morgan fingerprint density at radius 1 is 0.600 bits per heavy atom. The normalized spacial score (nSPS) is 0.800. The highest BCUT2D eigenvalue weighted by Crippen LogP contribution is 0.471. The lowest BCUT2D eigenvalue weighted by Gasteiger charge is -0.852. The molecule has 10 heteroatoms. The van der Waals surface area contributed by atoms with Crippen molar-refractivity contribution in [3.8, 4) is 0 Å². The lowest BCUT2D eigenvalue weighted by atomic mass is 16.0. The minimum Gasteiger partial charge on any atom is -0.412 e. The van der Waals surface area contributed by atoms with Gasteiger partial charge in [0.05, 0.1) is 0 Å². The monoisotopic (exact) mass is 232 g/mol. The van der Waals surface area contributed by atoms with E-state index in [1.807, 2.05) is 0 Å². The van der Waals surface area contributed by atoms with Crippen molar-refractivity contribution < 1.29 is 25.4 Å². The minimum absolute atomic E-state index is 0. The molecule has 64 valence electrons. The third kappa shape index (κ3) is 245.